The van der Waals surface area contributed by atoms with Gasteiger partial charge in [0.05, 0.1) is 18.3 Å². The maximum Gasteiger partial charge on any atom is 0.351 e. The van der Waals surface area contributed by atoms with Gasteiger partial charge in [0.1, 0.15) is 5.69 Å². The molecular weight excluding hydrogens is 452 g/mol. The Labute approximate surface area is 204 Å². The Bertz CT molecular complexity index is 1290. The first-order valence-corrected chi connectivity index (χ1v) is 11.8. The molecule has 0 saturated carbocycles. The van der Waals surface area contributed by atoms with Crippen LogP contribution in [0.5, 0.6) is 0 Å². The predicted molar refractivity (Wildman–Crippen MR) is 136 cm³/mol. The van der Waals surface area contributed by atoms with Gasteiger partial charge >= 0.3 is 5.69 Å². The quantitative estimate of drug-likeness (QED) is 0.554. The van der Waals surface area contributed by atoms with Gasteiger partial charge in [-0.2, -0.15) is 4.52 Å². The number of nitrogens with zero attached hydrogens (tertiary/aromatic N) is 6. The van der Waals surface area contributed by atoms with Crippen molar-refractivity contribution in [1.82, 2.24) is 24.1 Å². The lowest BCUT2D eigenvalue weighted by atomic mass is 9.96. The highest BCUT2D eigenvalue weighted by Gasteiger charge is 2.25. The lowest BCUT2D eigenvalue weighted by Gasteiger charge is -2.32. The smallest absolute Gasteiger partial charge is 0.351 e. The van der Waals surface area contributed by atoms with Crippen LogP contribution in [0.3, 0.4) is 0 Å². The van der Waals surface area contributed by atoms with Crippen LogP contribution in [-0.2, 0) is 12.0 Å². The molecule has 1 saturated heterocycles. The topological polar surface area (TPSA) is 88.0 Å². The molecule has 1 fully saturated rings. The highest BCUT2D eigenvalue weighted by Crippen LogP contribution is 2.29. The number of hydrogen-bond donors (Lipinski definition) is 1. The van der Waals surface area contributed by atoms with Crippen molar-refractivity contribution < 1.29 is 5.11 Å². The Kier molecular flexibility index (Phi) is 6.64. The SMILES string of the molecule is C=Nc1c(/C=C(\C)N2CCC(O)CC2)n(Cc2ccc(Cl)cc2)c(=O)n2nc(C(C)(C)C)nc12. The standard InChI is InChI=1S/C25H31ClN6O2/c1-16(30-12-10-19(33)11-13-30)14-20-21(27-5)22-28-23(25(2,3)4)29-32(22)24(34)31(20)15-17-6-8-18(26)9-7-17/h6-9,14,19,33H,5,10-13,15H2,1-4H3/b16-14+. The molecule has 3 aromatic rings. The van der Waals surface area contributed by atoms with E-state index in [1.165, 1.54) is 4.52 Å². The van der Waals surface area contributed by atoms with E-state index < -0.39 is 0 Å². The summed E-state index contributed by atoms with van der Waals surface area (Å²) in [6, 6.07) is 7.41. The number of aromatic nitrogens is 4. The molecule has 0 bridgehead atoms. The van der Waals surface area contributed by atoms with Crippen LogP contribution in [0.4, 0.5) is 5.69 Å². The lowest BCUT2D eigenvalue weighted by Crippen LogP contribution is -2.35. The number of aliphatic hydroxyl groups is 1. The molecule has 1 aliphatic rings. The maximum atomic E-state index is 13.7. The van der Waals surface area contributed by atoms with Crippen LogP contribution >= 0.6 is 11.6 Å². The van der Waals surface area contributed by atoms with Gasteiger partial charge in [-0.05, 0) is 50.3 Å². The van der Waals surface area contributed by atoms with E-state index in [0.717, 1.165) is 24.4 Å². The van der Waals surface area contributed by atoms with Crippen molar-refractivity contribution in [2.24, 2.45) is 4.99 Å². The summed E-state index contributed by atoms with van der Waals surface area (Å²) < 4.78 is 2.98. The fourth-order valence-corrected chi connectivity index (χ4v) is 4.23. The molecule has 0 amide bonds. The van der Waals surface area contributed by atoms with Gasteiger partial charge in [-0.15, -0.1) is 5.10 Å². The molecule has 1 N–H and O–H groups in total. The molecule has 8 nitrogen and oxygen atoms in total. The van der Waals surface area contributed by atoms with E-state index >= 15 is 0 Å². The van der Waals surface area contributed by atoms with E-state index in [1.54, 1.807) is 16.7 Å². The summed E-state index contributed by atoms with van der Waals surface area (Å²) in [7, 11) is 0. The minimum Gasteiger partial charge on any atom is -0.393 e. The van der Waals surface area contributed by atoms with Crippen LogP contribution in [0.2, 0.25) is 5.02 Å². The molecule has 0 unspecified atom stereocenters. The second-order valence-electron chi connectivity index (χ2n) is 9.81. The van der Waals surface area contributed by atoms with Crippen LogP contribution < -0.4 is 5.69 Å². The Morgan fingerprint density at radius 1 is 1.26 bits per heavy atom. The minimum absolute atomic E-state index is 0.263. The predicted octanol–water partition coefficient (Wildman–Crippen LogP) is 4.04. The third-order valence-electron chi connectivity index (χ3n) is 6.16. The molecule has 180 valence electrons. The zero-order valence-electron chi connectivity index (χ0n) is 20.1. The molecule has 0 atom stereocenters. The molecular formula is C25H31ClN6O2. The highest BCUT2D eigenvalue weighted by molar-refractivity contribution is 6.30. The number of halogens is 1. The van der Waals surface area contributed by atoms with Gasteiger partial charge in [-0.25, -0.2) is 9.78 Å². The van der Waals surface area contributed by atoms with Crippen LogP contribution in [0.15, 0.2) is 39.7 Å². The molecule has 0 aliphatic carbocycles. The summed E-state index contributed by atoms with van der Waals surface area (Å²) in [6.45, 7) is 13.6. The van der Waals surface area contributed by atoms with E-state index in [0.29, 0.717) is 47.3 Å². The zero-order valence-corrected chi connectivity index (χ0v) is 20.9. The number of benzene rings is 1. The molecule has 0 radical (unpaired) electrons. The van der Waals surface area contributed by atoms with Crippen molar-refractivity contribution in [3.8, 4) is 0 Å². The van der Waals surface area contributed by atoms with Gasteiger partial charge in [0.25, 0.3) is 0 Å². The van der Waals surface area contributed by atoms with Crippen molar-refractivity contribution in [1.29, 1.82) is 0 Å². The Balaban J connectivity index is 1.93. The fraction of sp³-hybridized carbons (Fsp3) is 0.440. The third kappa shape index (κ3) is 4.79. The average Bonchev–Trinajstić information content (AvgIpc) is 3.24. The lowest BCUT2D eigenvalue weighted by molar-refractivity contribution is 0.0976. The van der Waals surface area contributed by atoms with Gasteiger partial charge in [0.2, 0.25) is 0 Å². The molecule has 4 rings (SSSR count). The van der Waals surface area contributed by atoms with E-state index in [-0.39, 0.29) is 17.2 Å². The number of rotatable bonds is 5. The van der Waals surface area contributed by atoms with Gasteiger partial charge in [0.15, 0.2) is 11.5 Å². The van der Waals surface area contributed by atoms with E-state index in [1.807, 2.05) is 45.9 Å². The number of aliphatic imine (C=N–C) groups is 1. The molecule has 1 aliphatic heterocycles. The third-order valence-corrected chi connectivity index (χ3v) is 6.41. The maximum absolute atomic E-state index is 13.7. The summed E-state index contributed by atoms with van der Waals surface area (Å²) in [5.41, 5.74) is 2.80. The average molecular weight is 483 g/mol. The number of piperidine rings is 1. The molecule has 3 heterocycles. The normalized spacial score (nSPS) is 15.8. The molecule has 0 spiro atoms. The molecule has 9 heteroatoms. The minimum atomic E-state index is -0.335. The Morgan fingerprint density at radius 3 is 2.50 bits per heavy atom. The largest absolute Gasteiger partial charge is 0.393 e. The first kappa shape index (κ1) is 24.2. The number of likely N-dealkylation sites (tertiary alicyclic amines) is 1. The second kappa shape index (κ2) is 9.35. The number of hydrogen-bond acceptors (Lipinski definition) is 6. The summed E-state index contributed by atoms with van der Waals surface area (Å²) >= 11 is 6.07. The molecule has 34 heavy (non-hydrogen) atoms. The summed E-state index contributed by atoms with van der Waals surface area (Å²) in [6.07, 6.45) is 3.13. The highest BCUT2D eigenvalue weighted by atomic mass is 35.5. The van der Waals surface area contributed by atoms with Crippen LogP contribution in [0, 0.1) is 0 Å². The van der Waals surface area contributed by atoms with E-state index in [4.69, 9.17) is 11.6 Å². The second-order valence-corrected chi connectivity index (χ2v) is 10.2. The first-order chi connectivity index (χ1) is 16.1. The monoisotopic (exact) mass is 482 g/mol. The van der Waals surface area contributed by atoms with Crippen molar-refractivity contribution >= 4 is 35.7 Å². The van der Waals surface area contributed by atoms with Gasteiger partial charge in [0, 0.05) is 29.2 Å². The Morgan fingerprint density at radius 2 is 1.91 bits per heavy atom. The molecule has 2 aromatic heterocycles. The van der Waals surface area contributed by atoms with Crippen LogP contribution in [-0.4, -0.2) is 55.1 Å². The first-order valence-electron chi connectivity index (χ1n) is 11.4. The number of aliphatic hydroxyl groups excluding tert-OH is 1. The number of fused-ring (bicyclic) bond motifs is 1. The fourth-order valence-electron chi connectivity index (χ4n) is 4.11. The van der Waals surface area contributed by atoms with E-state index in [2.05, 4.69) is 26.7 Å². The van der Waals surface area contributed by atoms with Crippen molar-refractivity contribution in [2.75, 3.05) is 13.1 Å². The molecule has 1 aromatic carbocycles. The van der Waals surface area contributed by atoms with Crippen LogP contribution in [0.1, 0.15) is 57.6 Å². The summed E-state index contributed by atoms with van der Waals surface area (Å²) in [5.74, 6) is 0.565. The van der Waals surface area contributed by atoms with Gasteiger partial charge in [-0.3, -0.25) is 9.56 Å². The van der Waals surface area contributed by atoms with E-state index in [9.17, 15) is 9.90 Å². The van der Waals surface area contributed by atoms with Crippen LogP contribution in [0.25, 0.3) is 11.7 Å². The Hall–Kier alpha value is -2.97. The summed E-state index contributed by atoms with van der Waals surface area (Å²) in [5, 5.41) is 15.1. The number of allylic oxidation sites excluding steroid dienone is 1. The van der Waals surface area contributed by atoms with Crippen molar-refractivity contribution in [3.05, 3.63) is 62.6 Å². The summed E-state index contributed by atoms with van der Waals surface area (Å²) in [4.78, 5) is 24.9. The van der Waals surface area contributed by atoms with Crippen molar-refractivity contribution in [3.63, 3.8) is 0 Å². The van der Waals surface area contributed by atoms with Gasteiger partial charge < -0.3 is 10.0 Å². The zero-order chi connectivity index (χ0) is 24.6. The van der Waals surface area contributed by atoms with Crippen molar-refractivity contribution in [2.45, 2.75) is 58.6 Å². The van der Waals surface area contributed by atoms with Gasteiger partial charge in [-0.1, -0.05) is 44.5 Å².